The number of rotatable bonds is 6. The standard InChI is InChI=1S/C20H24ClN3O3S/c1-2-23(13-9-16-7-10-22-11-8-16)20(25)17-5-6-18(21)19(15-17)24-12-3-4-14-28(24,26)27/h5-8,10-11,15H,2-4,9,12-14H2,1H3. The third kappa shape index (κ3) is 4.64. The molecular weight excluding hydrogens is 398 g/mol. The SMILES string of the molecule is CCN(CCc1ccncc1)C(=O)c1ccc(Cl)c(N2CCCCS2(=O)=O)c1. The average Bonchev–Trinajstić information content (AvgIpc) is 2.69. The summed E-state index contributed by atoms with van der Waals surface area (Å²) < 4.78 is 26.2. The molecule has 0 saturated carbocycles. The van der Waals surface area contributed by atoms with Gasteiger partial charge in [0.05, 0.1) is 16.5 Å². The maximum absolute atomic E-state index is 13.0. The van der Waals surface area contributed by atoms with Crippen LogP contribution in [0.15, 0.2) is 42.7 Å². The van der Waals surface area contributed by atoms with Gasteiger partial charge in [0.1, 0.15) is 0 Å². The first-order valence-electron chi connectivity index (χ1n) is 9.40. The van der Waals surface area contributed by atoms with Gasteiger partial charge in [-0.25, -0.2) is 8.42 Å². The lowest BCUT2D eigenvalue weighted by molar-refractivity contribution is 0.0766. The molecule has 1 aromatic carbocycles. The highest BCUT2D eigenvalue weighted by molar-refractivity contribution is 7.92. The first-order chi connectivity index (χ1) is 13.4. The molecule has 0 bridgehead atoms. The van der Waals surface area contributed by atoms with Crippen molar-refractivity contribution in [1.29, 1.82) is 0 Å². The summed E-state index contributed by atoms with van der Waals surface area (Å²) in [5.41, 5.74) is 1.94. The number of aromatic nitrogens is 1. The van der Waals surface area contributed by atoms with Gasteiger partial charge in [-0.05, 0) is 62.1 Å². The molecule has 8 heteroatoms. The minimum absolute atomic E-state index is 0.106. The fourth-order valence-electron chi connectivity index (χ4n) is 3.30. The number of nitrogens with zero attached hydrogens (tertiary/aromatic N) is 3. The van der Waals surface area contributed by atoms with E-state index < -0.39 is 10.0 Å². The average molecular weight is 422 g/mol. The minimum Gasteiger partial charge on any atom is -0.339 e. The number of halogens is 1. The molecule has 0 atom stereocenters. The van der Waals surface area contributed by atoms with Crippen molar-refractivity contribution in [2.24, 2.45) is 0 Å². The van der Waals surface area contributed by atoms with E-state index in [9.17, 15) is 13.2 Å². The lowest BCUT2D eigenvalue weighted by Crippen LogP contribution is -2.38. The predicted molar refractivity (Wildman–Crippen MR) is 111 cm³/mol. The van der Waals surface area contributed by atoms with E-state index in [1.165, 1.54) is 4.31 Å². The summed E-state index contributed by atoms with van der Waals surface area (Å²) >= 11 is 6.28. The molecule has 0 unspecified atom stereocenters. The minimum atomic E-state index is -3.40. The van der Waals surface area contributed by atoms with Crippen LogP contribution in [0.2, 0.25) is 5.02 Å². The Balaban J connectivity index is 1.81. The van der Waals surface area contributed by atoms with Crippen molar-refractivity contribution in [3.8, 4) is 0 Å². The Hall–Kier alpha value is -2.12. The van der Waals surface area contributed by atoms with E-state index in [1.54, 1.807) is 35.5 Å². The van der Waals surface area contributed by atoms with Gasteiger partial charge in [0, 0.05) is 37.6 Å². The van der Waals surface area contributed by atoms with Crippen molar-refractivity contribution in [2.45, 2.75) is 26.2 Å². The zero-order valence-electron chi connectivity index (χ0n) is 15.8. The molecule has 1 amide bonds. The van der Waals surface area contributed by atoms with Crippen molar-refractivity contribution >= 4 is 33.2 Å². The molecule has 2 heterocycles. The van der Waals surface area contributed by atoms with E-state index >= 15 is 0 Å². The van der Waals surface area contributed by atoms with Crippen LogP contribution >= 0.6 is 11.6 Å². The lowest BCUT2D eigenvalue weighted by Gasteiger charge is -2.29. The molecule has 3 rings (SSSR count). The third-order valence-corrected chi connectivity index (χ3v) is 7.07. The summed E-state index contributed by atoms with van der Waals surface area (Å²) in [5.74, 6) is -0.0296. The molecule has 0 radical (unpaired) electrons. The molecule has 2 aromatic rings. The van der Waals surface area contributed by atoms with Crippen molar-refractivity contribution in [1.82, 2.24) is 9.88 Å². The van der Waals surface area contributed by atoms with Crippen LogP contribution in [0.5, 0.6) is 0 Å². The number of amides is 1. The molecule has 1 aromatic heterocycles. The second-order valence-electron chi connectivity index (χ2n) is 6.75. The van der Waals surface area contributed by atoms with E-state index in [2.05, 4.69) is 4.98 Å². The van der Waals surface area contributed by atoms with Gasteiger partial charge >= 0.3 is 0 Å². The zero-order valence-corrected chi connectivity index (χ0v) is 17.4. The Labute approximate surface area is 171 Å². The third-order valence-electron chi connectivity index (χ3n) is 4.90. The molecule has 1 fully saturated rings. The van der Waals surface area contributed by atoms with Crippen LogP contribution in [0.4, 0.5) is 5.69 Å². The molecular formula is C20H24ClN3O3S. The number of sulfonamides is 1. The number of hydrogen-bond acceptors (Lipinski definition) is 4. The fraction of sp³-hybridized carbons (Fsp3) is 0.400. The van der Waals surface area contributed by atoms with Crippen LogP contribution in [-0.2, 0) is 16.4 Å². The van der Waals surface area contributed by atoms with Gasteiger partial charge in [-0.3, -0.25) is 14.1 Å². The molecule has 150 valence electrons. The molecule has 28 heavy (non-hydrogen) atoms. The molecule has 1 aliphatic heterocycles. The smallest absolute Gasteiger partial charge is 0.253 e. The van der Waals surface area contributed by atoms with E-state index in [1.807, 2.05) is 19.1 Å². The van der Waals surface area contributed by atoms with Crippen molar-refractivity contribution in [3.63, 3.8) is 0 Å². The number of benzene rings is 1. The van der Waals surface area contributed by atoms with Crippen LogP contribution in [0, 0.1) is 0 Å². The molecule has 1 aliphatic rings. The molecule has 0 N–H and O–H groups in total. The van der Waals surface area contributed by atoms with E-state index in [4.69, 9.17) is 11.6 Å². The zero-order chi connectivity index (χ0) is 20.1. The lowest BCUT2D eigenvalue weighted by atomic mass is 10.1. The molecule has 0 spiro atoms. The highest BCUT2D eigenvalue weighted by atomic mass is 35.5. The number of carbonyl (C=O) groups excluding carboxylic acids is 1. The van der Waals surface area contributed by atoms with Gasteiger partial charge < -0.3 is 4.90 Å². The number of anilines is 1. The summed E-state index contributed by atoms with van der Waals surface area (Å²) in [6, 6.07) is 8.72. The summed E-state index contributed by atoms with van der Waals surface area (Å²) in [5, 5.41) is 0.335. The maximum atomic E-state index is 13.0. The fourth-order valence-corrected chi connectivity index (χ4v) is 5.21. The van der Waals surface area contributed by atoms with Crippen molar-refractivity contribution in [3.05, 3.63) is 58.9 Å². The Bertz CT molecular complexity index is 935. The second-order valence-corrected chi connectivity index (χ2v) is 9.17. The van der Waals surface area contributed by atoms with Crippen LogP contribution in [0.1, 0.15) is 35.7 Å². The summed E-state index contributed by atoms with van der Waals surface area (Å²) in [6.45, 7) is 3.44. The molecule has 6 nitrogen and oxygen atoms in total. The number of likely N-dealkylation sites (N-methyl/N-ethyl adjacent to an activating group) is 1. The van der Waals surface area contributed by atoms with Crippen molar-refractivity contribution in [2.75, 3.05) is 29.7 Å². The van der Waals surface area contributed by atoms with Gasteiger partial charge in [-0.1, -0.05) is 11.6 Å². The second kappa shape index (κ2) is 8.92. The monoisotopic (exact) mass is 421 g/mol. The Morgan fingerprint density at radius 3 is 2.64 bits per heavy atom. The van der Waals surface area contributed by atoms with Gasteiger partial charge in [0.15, 0.2) is 0 Å². The highest BCUT2D eigenvalue weighted by Crippen LogP contribution is 2.32. The van der Waals surface area contributed by atoms with Crippen molar-refractivity contribution < 1.29 is 13.2 Å². The quantitative estimate of drug-likeness (QED) is 0.716. The van der Waals surface area contributed by atoms with Gasteiger partial charge in [-0.15, -0.1) is 0 Å². The Morgan fingerprint density at radius 2 is 1.96 bits per heavy atom. The number of pyridine rings is 1. The molecule has 0 aliphatic carbocycles. The van der Waals surface area contributed by atoms with E-state index in [0.717, 1.165) is 18.4 Å². The highest BCUT2D eigenvalue weighted by Gasteiger charge is 2.28. The van der Waals surface area contributed by atoms with Crippen LogP contribution < -0.4 is 4.31 Å². The van der Waals surface area contributed by atoms with Gasteiger partial charge in [-0.2, -0.15) is 0 Å². The van der Waals surface area contributed by atoms with Crippen LogP contribution in [-0.4, -0.2) is 49.6 Å². The first-order valence-corrected chi connectivity index (χ1v) is 11.4. The maximum Gasteiger partial charge on any atom is 0.253 e. The number of hydrogen-bond donors (Lipinski definition) is 0. The Kier molecular flexibility index (Phi) is 6.57. The summed E-state index contributed by atoms with van der Waals surface area (Å²) in [6.07, 6.45) is 5.62. The predicted octanol–water partition coefficient (Wildman–Crippen LogP) is 3.37. The molecule has 1 saturated heterocycles. The van der Waals surface area contributed by atoms with E-state index in [0.29, 0.717) is 42.3 Å². The Morgan fingerprint density at radius 1 is 1.21 bits per heavy atom. The van der Waals surface area contributed by atoms with Crippen LogP contribution in [0.25, 0.3) is 0 Å². The van der Waals surface area contributed by atoms with E-state index in [-0.39, 0.29) is 11.7 Å². The van der Waals surface area contributed by atoms with Crippen LogP contribution in [0.3, 0.4) is 0 Å². The number of carbonyl (C=O) groups is 1. The topological polar surface area (TPSA) is 70.6 Å². The van der Waals surface area contributed by atoms with Gasteiger partial charge in [0.25, 0.3) is 5.91 Å². The normalized spacial score (nSPS) is 16.0. The summed E-state index contributed by atoms with van der Waals surface area (Å²) in [7, 11) is -3.40. The largest absolute Gasteiger partial charge is 0.339 e. The first kappa shape index (κ1) is 20.6. The summed E-state index contributed by atoms with van der Waals surface area (Å²) in [4.78, 5) is 18.8. The van der Waals surface area contributed by atoms with Gasteiger partial charge in [0.2, 0.25) is 10.0 Å².